The van der Waals surface area contributed by atoms with Crippen molar-refractivity contribution in [2.75, 3.05) is 11.9 Å². The molecule has 2 N–H and O–H groups in total. The van der Waals surface area contributed by atoms with E-state index in [-0.39, 0.29) is 24.8 Å². The maximum Gasteiger partial charge on any atom is 0.325 e. The van der Waals surface area contributed by atoms with Crippen LogP contribution in [0, 0.1) is 0 Å². The van der Waals surface area contributed by atoms with Crippen LogP contribution in [0.25, 0.3) is 20.8 Å². The van der Waals surface area contributed by atoms with Gasteiger partial charge in [-0.3, -0.25) is 14.5 Å². The third-order valence-corrected chi connectivity index (χ3v) is 6.00. The summed E-state index contributed by atoms with van der Waals surface area (Å²) in [5.74, 6) is -0.431. The molecule has 30 heavy (non-hydrogen) atoms. The first-order valence-electron chi connectivity index (χ1n) is 9.73. The predicted molar refractivity (Wildman–Crippen MR) is 117 cm³/mol. The maximum atomic E-state index is 12.3. The molecule has 1 saturated heterocycles. The molecule has 1 aliphatic heterocycles. The Balaban J connectivity index is 1.35. The van der Waals surface area contributed by atoms with Crippen molar-refractivity contribution < 1.29 is 14.4 Å². The number of hydrogen-bond acceptors (Lipinski definition) is 5. The van der Waals surface area contributed by atoms with Gasteiger partial charge < -0.3 is 10.6 Å². The Labute approximate surface area is 178 Å². The number of carbonyl (C=O) groups excluding carboxylic acids is 3. The maximum absolute atomic E-state index is 12.3. The molecule has 2 heterocycles. The highest BCUT2D eigenvalue weighted by Gasteiger charge is 2.43. The van der Waals surface area contributed by atoms with Gasteiger partial charge >= 0.3 is 6.03 Å². The zero-order valence-corrected chi connectivity index (χ0v) is 17.6. The Kier molecular flexibility index (Phi) is 5.26. The fraction of sp³-hybridized carbons (Fsp3) is 0.273. The highest BCUT2D eigenvalue weighted by molar-refractivity contribution is 7.21. The van der Waals surface area contributed by atoms with Gasteiger partial charge in [-0.05, 0) is 44.5 Å². The summed E-state index contributed by atoms with van der Waals surface area (Å²) in [5.41, 5.74) is 1.69. The lowest BCUT2D eigenvalue weighted by atomic mass is 10.1. The number of carbonyl (C=O) groups is 3. The SMILES string of the molecule is CC1(C)NC(=O)N(CCCC(=O)Nc2cccc(-c3nc4ccccc4s3)c2)C1=O. The molecule has 0 aliphatic carbocycles. The molecule has 0 radical (unpaired) electrons. The number of urea groups is 1. The molecule has 1 aliphatic rings. The third kappa shape index (κ3) is 4.04. The normalized spacial score (nSPS) is 15.5. The van der Waals surface area contributed by atoms with Crippen molar-refractivity contribution in [2.24, 2.45) is 0 Å². The number of hydrogen-bond donors (Lipinski definition) is 2. The molecule has 0 saturated carbocycles. The average molecular weight is 423 g/mol. The summed E-state index contributed by atoms with van der Waals surface area (Å²) in [6.07, 6.45) is 0.613. The number of thiazole rings is 1. The van der Waals surface area contributed by atoms with E-state index in [1.807, 2.05) is 48.5 Å². The van der Waals surface area contributed by atoms with Gasteiger partial charge in [0.1, 0.15) is 10.5 Å². The number of benzene rings is 2. The van der Waals surface area contributed by atoms with E-state index >= 15 is 0 Å². The van der Waals surface area contributed by atoms with Crippen LogP contribution in [-0.2, 0) is 9.59 Å². The first kappa shape index (κ1) is 20.0. The second kappa shape index (κ2) is 7.87. The number of para-hydroxylation sites is 1. The van der Waals surface area contributed by atoms with Crippen LogP contribution in [0.2, 0.25) is 0 Å². The van der Waals surface area contributed by atoms with Crippen LogP contribution in [0.1, 0.15) is 26.7 Å². The summed E-state index contributed by atoms with van der Waals surface area (Å²) in [6, 6.07) is 15.1. The van der Waals surface area contributed by atoms with E-state index in [4.69, 9.17) is 0 Å². The van der Waals surface area contributed by atoms with E-state index in [0.717, 1.165) is 20.8 Å². The van der Waals surface area contributed by atoms with Crippen molar-refractivity contribution in [3.63, 3.8) is 0 Å². The zero-order chi connectivity index (χ0) is 21.3. The van der Waals surface area contributed by atoms with E-state index in [2.05, 4.69) is 15.6 Å². The predicted octanol–water partition coefficient (Wildman–Crippen LogP) is 4.01. The lowest BCUT2D eigenvalue weighted by Gasteiger charge is -2.15. The molecule has 8 heteroatoms. The lowest BCUT2D eigenvalue weighted by Crippen LogP contribution is -2.40. The molecular formula is C22H22N4O3S. The van der Waals surface area contributed by atoms with Crippen molar-refractivity contribution in [2.45, 2.75) is 32.2 Å². The van der Waals surface area contributed by atoms with Gasteiger partial charge in [0.2, 0.25) is 5.91 Å². The zero-order valence-electron chi connectivity index (χ0n) is 16.8. The first-order chi connectivity index (χ1) is 14.3. The van der Waals surface area contributed by atoms with Crippen LogP contribution in [0.3, 0.4) is 0 Å². The van der Waals surface area contributed by atoms with E-state index < -0.39 is 11.6 Å². The minimum Gasteiger partial charge on any atom is -0.326 e. The Hall–Kier alpha value is -3.26. The number of imide groups is 1. The van der Waals surface area contributed by atoms with Crippen LogP contribution in [0.5, 0.6) is 0 Å². The molecule has 7 nitrogen and oxygen atoms in total. The van der Waals surface area contributed by atoms with Gasteiger partial charge in [0, 0.05) is 24.2 Å². The van der Waals surface area contributed by atoms with Crippen LogP contribution >= 0.6 is 11.3 Å². The summed E-state index contributed by atoms with van der Waals surface area (Å²) in [5, 5.41) is 6.41. The van der Waals surface area contributed by atoms with Crippen molar-refractivity contribution >= 4 is 45.1 Å². The Morgan fingerprint density at radius 3 is 2.70 bits per heavy atom. The Bertz CT molecular complexity index is 1110. The molecule has 0 atom stereocenters. The van der Waals surface area contributed by atoms with E-state index in [1.165, 1.54) is 4.90 Å². The number of rotatable bonds is 6. The number of aromatic nitrogens is 1. The fourth-order valence-corrected chi connectivity index (χ4v) is 4.33. The third-order valence-electron chi connectivity index (χ3n) is 4.92. The van der Waals surface area contributed by atoms with Crippen LogP contribution in [-0.4, -0.2) is 39.8 Å². The van der Waals surface area contributed by atoms with Gasteiger partial charge in [-0.25, -0.2) is 9.78 Å². The highest BCUT2D eigenvalue weighted by atomic mass is 32.1. The quantitative estimate of drug-likeness (QED) is 0.587. The second-order valence-corrected chi connectivity index (χ2v) is 8.76. The van der Waals surface area contributed by atoms with E-state index in [9.17, 15) is 14.4 Å². The standard InChI is InChI=1S/C22H22N4O3S/c1-22(2)20(28)26(21(29)25-22)12-6-11-18(27)23-15-8-5-7-14(13-15)19-24-16-9-3-4-10-17(16)30-19/h3-5,7-10,13H,6,11-12H2,1-2H3,(H,23,27)(H,25,29). The van der Waals surface area contributed by atoms with Gasteiger partial charge in [0.05, 0.1) is 10.2 Å². The van der Waals surface area contributed by atoms with Crippen molar-refractivity contribution in [3.8, 4) is 10.6 Å². The number of amides is 4. The largest absolute Gasteiger partial charge is 0.326 e. The molecular weight excluding hydrogens is 400 g/mol. The van der Waals surface area contributed by atoms with Crippen LogP contribution < -0.4 is 10.6 Å². The second-order valence-electron chi connectivity index (χ2n) is 7.73. The van der Waals surface area contributed by atoms with E-state index in [1.54, 1.807) is 25.2 Å². The molecule has 0 unspecified atom stereocenters. The van der Waals surface area contributed by atoms with Crippen LogP contribution in [0.15, 0.2) is 48.5 Å². The molecule has 2 aromatic carbocycles. The Morgan fingerprint density at radius 2 is 1.97 bits per heavy atom. The van der Waals surface area contributed by atoms with Gasteiger partial charge in [0.25, 0.3) is 5.91 Å². The molecule has 3 aromatic rings. The van der Waals surface area contributed by atoms with Gasteiger partial charge in [-0.2, -0.15) is 0 Å². The minimum absolute atomic E-state index is 0.164. The monoisotopic (exact) mass is 422 g/mol. The summed E-state index contributed by atoms with van der Waals surface area (Å²) in [4.78, 5) is 42.2. The van der Waals surface area contributed by atoms with Crippen molar-refractivity contribution in [3.05, 3.63) is 48.5 Å². The molecule has 4 rings (SSSR count). The molecule has 4 amide bonds. The summed E-state index contributed by atoms with van der Waals surface area (Å²) in [6.45, 7) is 3.55. The van der Waals surface area contributed by atoms with Gasteiger partial charge in [-0.1, -0.05) is 24.3 Å². The first-order valence-corrected chi connectivity index (χ1v) is 10.6. The number of nitrogens with one attached hydrogen (secondary N) is 2. The van der Waals surface area contributed by atoms with Gasteiger partial charge in [-0.15, -0.1) is 11.3 Å². The van der Waals surface area contributed by atoms with Crippen molar-refractivity contribution in [1.29, 1.82) is 0 Å². The molecule has 0 bridgehead atoms. The topological polar surface area (TPSA) is 91.4 Å². The summed E-state index contributed by atoms with van der Waals surface area (Å²) < 4.78 is 1.12. The van der Waals surface area contributed by atoms with Crippen LogP contribution in [0.4, 0.5) is 10.5 Å². The number of nitrogens with zero attached hydrogens (tertiary/aromatic N) is 2. The lowest BCUT2D eigenvalue weighted by molar-refractivity contribution is -0.130. The van der Waals surface area contributed by atoms with E-state index in [0.29, 0.717) is 12.1 Å². The molecule has 154 valence electrons. The molecule has 1 aromatic heterocycles. The van der Waals surface area contributed by atoms with Crippen molar-refractivity contribution in [1.82, 2.24) is 15.2 Å². The minimum atomic E-state index is -0.888. The smallest absolute Gasteiger partial charge is 0.325 e. The number of anilines is 1. The Morgan fingerprint density at radius 1 is 1.17 bits per heavy atom. The molecule has 0 spiro atoms. The summed E-state index contributed by atoms with van der Waals surface area (Å²) >= 11 is 1.61. The molecule has 1 fully saturated rings. The highest BCUT2D eigenvalue weighted by Crippen LogP contribution is 2.31. The summed E-state index contributed by atoms with van der Waals surface area (Å²) in [7, 11) is 0. The average Bonchev–Trinajstić information content (AvgIpc) is 3.22. The fourth-order valence-electron chi connectivity index (χ4n) is 3.37. The number of fused-ring (bicyclic) bond motifs is 1. The van der Waals surface area contributed by atoms with Gasteiger partial charge in [0.15, 0.2) is 0 Å².